The van der Waals surface area contributed by atoms with Gasteiger partial charge in [-0.1, -0.05) is 72.8 Å². The molecule has 0 atom stereocenters. The zero-order valence-electron chi connectivity index (χ0n) is 19.9. The van der Waals surface area contributed by atoms with Crippen LogP contribution in [0.15, 0.2) is 84.9 Å². The lowest BCUT2D eigenvalue weighted by Gasteiger charge is -2.28. The van der Waals surface area contributed by atoms with Gasteiger partial charge in [0.05, 0.1) is 19.3 Å². The number of imide groups is 1. The number of nitrogens with one attached hydrogen (secondary N) is 1. The van der Waals surface area contributed by atoms with E-state index in [1.165, 1.54) is 12.0 Å². The second-order valence-corrected chi connectivity index (χ2v) is 8.91. The van der Waals surface area contributed by atoms with Gasteiger partial charge < -0.3 is 10.1 Å². The van der Waals surface area contributed by atoms with Crippen molar-refractivity contribution in [1.82, 2.24) is 15.1 Å². The van der Waals surface area contributed by atoms with Crippen molar-refractivity contribution in [3.05, 3.63) is 107 Å². The highest BCUT2D eigenvalue weighted by Crippen LogP contribution is 2.27. The lowest BCUT2D eigenvalue weighted by atomic mass is 9.84. The molecule has 180 valence electrons. The minimum absolute atomic E-state index is 0.148. The van der Waals surface area contributed by atoms with E-state index in [1.54, 1.807) is 12.1 Å². The number of benzene rings is 3. The summed E-state index contributed by atoms with van der Waals surface area (Å²) in [4.78, 5) is 41.6. The lowest BCUT2D eigenvalue weighted by Crippen LogP contribution is -2.51. The molecular weight excluding hydrogens is 442 g/mol. The van der Waals surface area contributed by atoms with E-state index >= 15 is 0 Å². The summed E-state index contributed by atoms with van der Waals surface area (Å²) in [7, 11) is 3.20. The summed E-state index contributed by atoms with van der Waals surface area (Å²) < 4.78 is 4.74. The highest BCUT2D eigenvalue weighted by molar-refractivity contribution is 6.07. The smallest absolute Gasteiger partial charge is 0.337 e. The summed E-state index contributed by atoms with van der Waals surface area (Å²) in [5.74, 6) is -0.625. The van der Waals surface area contributed by atoms with Crippen LogP contribution in [0.1, 0.15) is 27.0 Å². The average Bonchev–Trinajstić information content (AvgIpc) is 3.09. The van der Waals surface area contributed by atoms with Crippen LogP contribution in [0.3, 0.4) is 0 Å². The van der Waals surface area contributed by atoms with Crippen molar-refractivity contribution in [3.63, 3.8) is 0 Å². The van der Waals surface area contributed by atoms with E-state index in [0.717, 1.165) is 16.7 Å². The van der Waals surface area contributed by atoms with Crippen molar-refractivity contribution in [2.45, 2.75) is 24.9 Å². The van der Waals surface area contributed by atoms with Crippen LogP contribution in [0.4, 0.5) is 4.79 Å². The zero-order valence-corrected chi connectivity index (χ0v) is 19.9. The van der Waals surface area contributed by atoms with E-state index in [4.69, 9.17) is 4.74 Å². The van der Waals surface area contributed by atoms with Crippen LogP contribution in [-0.4, -0.2) is 54.1 Å². The van der Waals surface area contributed by atoms with Gasteiger partial charge in [-0.3, -0.25) is 9.69 Å². The highest BCUT2D eigenvalue weighted by Gasteiger charge is 2.51. The van der Waals surface area contributed by atoms with E-state index in [-0.39, 0.29) is 12.6 Å². The zero-order chi connectivity index (χ0) is 24.8. The number of hydrogen-bond acceptors (Lipinski definition) is 5. The van der Waals surface area contributed by atoms with Gasteiger partial charge in [0.1, 0.15) is 5.54 Å². The van der Waals surface area contributed by atoms with Gasteiger partial charge in [0, 0.05) is 19.4 Å². The Kier molecular flexibility index (Phi) is 7.27. The fourth-order valence-corrected chi connectivity index (χ4v) is 4.46. The van der Waals surface area contributed by atoms with Crippen LogP contribution in [0, 0.1) is 0 Å². The molecule has 0 spiro atoms. The molecule has 0 unspecified atom stereocenters. The molecule has 0 radical (unpaired) electrons. The molecule has 1 aliphatic rings. The Labute approximate surface area is 205 Å². The first-order valence-corrected chi connectivity index (χ1v) is 11.5. The number of rotatable bonds is 9. The summed E-state index contributed by atoms with van der Waals surface area (Å²) >= 11 is 0. The van der Waals surface area contributed by atoms with Gasteiger partial charge in [-0.2, -0.15) is 0 Å². The van der Waals surface area contributed by atoms with Crippen LogP contribution in [0.25, 0.3) is 0 Å². The number of amides is 3. The average molecular weight is 472 g/mol. The van der Waals surface area contributed by atoms with Crippen LogP contribution in [-0.2, 0) is 28.9 Å². The predicted molar refractivity (Wildman–Crippen MR) is 133 cm³/mol. The third kappa shape index (κ3) is 5.58. The molecule has 35 heavy (non-hydrogen) atoms. The Balaban J connectivity index is 1.51. The Morgan fingerprint density at radius 1 is 0.857 bits per heavy atom. The largest absolute Gasteiger partial charge is 0.465 e. The molecular formula is C28H29N3O4. The molecule has 1 aliphatic heterocycles. The van der Waals surface area contributed by atoms with Crippen molar-refractivity contribution in [1.29, 1.82) is 0 Å². The van der Waals surface area contributed by atoms with Gasteiger partial charge in [-0.05, 0) is 35.9 Å². The summed E-state index contributed by atoms with van der Waals surface area (Å²) in [5, 5.41) is 3.02. The van der Waals surface area contributed by atoms with E-state index in [9.17, 15) is 14.4 Å². The summed E-state index contributed by atoms with van der Waals surface area (Å²) in [5.41, 5.74) is 2.34. The first-order valence-electron chi connectivity index (χ1n) is 11.5. The highest BCUT2D eigenvalue weighted by atomic mass is 16.5. The SMILES string of the molecule is COC(=O)c1ccc(CN(C)CN2C(=O)NC(Cc3ccccc3)(Cc3ccccc3)C2=O)cc1. The standard InChI is InChI=1S/C28H29N3O4/c1-30(19-23-13-15-24(16-14-23)25(32)35-2)20-31-26(33)28(29-27(31)34,17-21-9-5-3-6-10-21)18-22-11-7-4-8-12-22/h3-16H,17-20H2,1-2H3,(H,29,34). The van der Waals surface area contributed by atoms with Gasteiger partial charge in [0.15, 0.2) is 0 Å². The van der Waals surface area contributed by atoms with Crippen molar-refractivity contribution < 1.29 is 19.1 Å². The summed E-state index contributed by atoms with van der Waals surface area (Å²) in [6, 6.07) is 26.2. The van der Waals surface area contributed by atoms with E-state index in [2.05, 4.69) is 5.32 Å². The normalized spacial score (nSPS) is 14.8. The van der Waals surface area contributed by atoms with Gasteiger partial charge in [-0.25, -0.2) is 14.5 Å². The minimum atomic E-state index is -1.05. The number of hydrogen-bond donors (Lipinski definition) is 1. The molecule has 1 N–H and O–H groups in total. The lowest BCUT2D eigenvalue weighted by molar-refractivity contribution is -0.132. The van der Waals surface area contributed by atoms with Gasteiger partial charge in [-0.15, -0.1) is 0 Å². The molecule has 1 heterocycles. The van der Waals surface area contributed by atoms with Crippen molar-refractivity contribution >= 4 is 17.9 Å². The molecule has 7 heteroatoms. The van der Waals surface area contributed by atoms with Crippen molar-refractivity contribution in [3.8, 4) is 0 Å². The molecule has 0 saturated carbocycles. The number of urea groups is 1. The molecule has 3 amide bonds. The summed E-state index contributed by atoms with van der Waals surface area (Å²) in [6.07, 6.45) is 0.811. The molecule has 7 nitrogen and oxygen atoms in total. The van der Waals surface area contributed by atoms with Crippen molar-refractivity contribution in [2.75, 3.05) is 20.8 Å². The van der Waals surface area contributed by atoms with E-state index in [1.807, 2.05) is 84.7 Å². The monoisotopic (exact) mass is 471 g/mol. The van der Waals surface area contributed by atoms with Gasteiger partial charge in [0.2, 0.25) is 0 Å². The van der Waals surface area contributed by atoms with Crippen LogP contribution in [0.2, 0.25) is 0 Å². The number of carbonyl (C=O) groups is 3. The predicted octanol–water partition coefficient (Wildman–Crippen LogP) is 3.64. The minimum Gasteiger partial charge on any atom is -0.465 e. The Hall–Kier alpha value is -3.97. The van der Waals surface area contributed by atoms with E-state index in [0.29, 0.717) is 24.9 Å². The summed E-state index contributed by atoms with van der Waals surface area (Å²) in [6.45, 7) is 0.650. The molecule has 1 fully saturated rings. The topological polar surface area (TPSA) is 79.0 Å². The molecule has 3 aromatic carbocycles. The second-order valence-electron chi connectivity index (χ2n) is 8.91. The third-order valence-electron chi connectivity index (χ3n) is 6.15. The van der Waals surface area contributed by atoms with Gasteiger partial charge >= 0.3 is 12.0 Å². The maximum atomic E-state index is 13.8. The maximum Gasteiger partial charge on any atom is 0.337 e. The fraction of sp³-hybridized carbons (Fsp3) is 0.250. The number of methoxy groups -OCH3 is 1. The molecule has 4 rings (SSSR count). The second kappa shape index (κ2) is 10.5. The molecule has 0 bridgehead atoms. The third-order valence-corrected chi connectivity index (χ3v) is 6.15. The molecule has 0 aromatic heterocycles. The molecule has 3 aromatic rings. The number of carbonyl (C=O) groups excluding carboxylic acids is 3. The van der Waals surface area contributed by atoms with E-state index < -0.39 is 17.5 Å². The first kappa shape index (κ1) is 24.2. The van der Waals surface area contributed by atoms with Crippen molar-refractivity contribution in [2.24, 2.45) is 0 Å². The van der Waals surface area contributed by atoms with Crippen LogP contribution >= 0.6 is 0 Å². The number of esters is 1. The maximum absolute atomic E-state index is 13.8. The number of nitrogens with zero attached hydrogens (tertiary/aromatic N) is 2. The number of ether oxygens (including phenoxy) is 1. The quantitative estimate of drug-likeness (QED) is 0.381. The van der Waals surface area contributed by atoms with Crippen LogP contribution < -0.4 is 5.32 Å². The van der Waals surface area contributed by atoms with Gasteiger partial charge in [0.25, 0.3) is 5.91 Å². The Bertz CT molecular complexity index is 1140. The molecule has 1 saturated heterocycles. The van der Waals surface area contributed by atoms with Crippen LogP contribution in [0.5, 0.6) is 0 Å². The Morgan fingerprint density at radius 2 is 1.40 bits per heavy atom. The molecule has 0 aliphatic carbocycles. The first-order chi connectivity index (χ1) is 16.9. The Morgan fingerprint density at radius 3 is 1.91 bits per heavy atom. The fourth-order valence-electron chi connectivity index (χ4n) is 4.46.